The average molecular weight is 282 g/mol. The van der Waals surface area contributed by atoms with E-state index in [4.69, 9.17) is 9.47 Å². The molecule has 1 aromatic heterocycles. The lowest BCUT2D eigenvalue weighted by Gasteiger charge is -2.14. The van der Waals surface area contributed by atoms with Crippen LogP contribution in [0.2, 0.25) is 0 Å². The van der Waals surface area contributed by atoms with E-state index in [1.165, 1.54) is 0 Å². The van der Waals surface area contributed by atoms with Gasteiger partial charge in [0, 0.05) is 11.3 Å². The van der Waals surface area contributed by atoms with E-state index in [0.717, 1.165) is 11.3 Å². The van der Waals surface area contributed by atoms with Crippen LogP contribution in [0.5, 0.6) is 11.5 Å². The summed E-state index contributed by atoms with van der Waals surface area (Å²) < 4.78 is 10.8. The summed E-state index contributed by atoms with van der Waals surface area (Å²) in [5.74, 6) is 1.49. The van der Waals surface area contributed by atoms with Gasteiger partial charge in [0.2, 0.25) is 0 Å². The average Bonchev–Trinajstić information content (AvgIpc) is 2.53. The van der Waals surface area contributed by atoms with Crippen molar-refractivity contribution >= 4 is 0 Å². The molecule has 0 amide bonds. The van der Waals surface area contributed by atoms with Crippen LogP contribution in [-0.4, -0.2) is 19.2 Å². The molecule has 0 aliphatic rings. The second-order valence-electron chi connectivity index (χ2n) is 4.94. The molecular weight excluding hydrogens is 264 g/mol. The minimum Gasteiger partial charge on any atom is -0.493 e. The molecule has 2 rings (SSSR count). The first kappa shape index (κ1) is 14.9. The number of ether oxygens (including phenoxy) is 2. The van der Waals surface area contributed by atoms with Crippen LogP contribution in [0.25, 0.3) is 11.3 Å². The summed E-state index contributed by atoms with van der Waals surface area (Å²) in [4.78, 5) is 4.64. The Hall–Kier alpha value is -2.54. The number of hydrogen-bond acceptors (Lipinski definition) is 4. The summed E-state index contributed by atoms with van der Waals surface area (Å²) in [5.41, 5.74) is 2.84. The zero-order valence-corrected chi connectivity index (χ0v) is 12.7. The Morgan fingerprint density at radius 3 is 2.43 bits per heavy atom. The summed E-state index contributed by atoms with van der Waals surface area (Å²) in [5, 5.41) is 9.34. The Morgan fingerprint density at radius 1 is 1.10 bits per heavy atom. The van der Waals surface area contributed by atoms with E-state index in [0.29, 0.717) is 22.8 Å². The molecule has 0 bridgehead atoms. The first-order valence-electron chi connectivity index (χ1n) is 6.74. The van der Waals surface area contributed by atoms with Crippen molar-refractivity contribution in [1.82, 2.24) is 4.98 Å². The molecule has 0 saturated carbocycles. The third kappa shape index (κ3) is 2.82. The number of benzene rings is 1. The molecule has 1 heterocycles. The second-order valence-corrected chi connectivity index (χ2v) is 4.94. The maximum Gasteiger partial charge on any atom is 0.170 e. The molecule has 4 nitrogen and oxygen atoms in total. The molecule has 1 aromatic carbocycles. The molecule has 0 aliphatic carbocycles. The van der Waals surface area contributed by atoms with Gasteiger partial charge in [-0.1, -0.05) is 19.9 Å². The van der Waals surface area contributed by atoms with Crippen molar-refractivity contribution in [3.05, 3.63) is 41.6 Å². The number of para-hydroxylation sites is 1. The molecule has 4 heteroatoms. The van der Waals surface area contributed by atoms with E-state index >= 15 is 0 Å². The number of nitriles is 1. The van der Waals surface area contributed by atoms with Gasteiger partial charge in [-0.15, -0.1) is 0 Å². The van der Waals surface area contributed by atoms with E-state index in [-0.39, 0.29) is 5.92 Å². The fourth-order valence-electron chi connectivity index (χ4n) is 2.16. The largest absolute Gasteiger partial charge is 0.493 e. The third-order valence-electron chi connectivity index (χ3n) is 3.29. The Kier molecular flexibility index (Phi) is 4.44. The van der Waals surface area contributed by atoms with Crippen LogP contribution in [0.3, 0.4) is 0 Å². The van der Waals surface area contributed by atoms with Gasteiger partial charge in [0.05, 0.1) is 25.5 Å². The molecule has 0 unspecified atom stereocenters. The standard InChI is InChI=1S/C17H18N2O2/c1-11(2)14-9-8-12(10-18)16(19-14)13-6-5-7-15(20-3)17(13)21-4/h5-9,11H,1-4H3. The van der Waals surface area contributed by atoms with Crippen LogP contribution >= 0.6 is 0 Å². The topological polar surface area (TPSA) is 55.1 Å². The normalized spacial score (nSPS) is 10.3. The zero-order valence-electron chi connectivity index (χ0n) is 12.7. The lowest BCUT2D eigenvalue weighted by molar-refractivity contribution is 0.356. The molecule has 0 fully saturated rings. The number of nitrogens with zero attached hydrogens (tertiary/aromatic N) is 2. The van der Waals surface area contributed by atoms with Crippen molar-refractivity contribution < 1.29 is 9.47 Å². The number of aromatic nitrogens is 1. The molecule has 0 atom stereocenters. The smallest absolute Gasteiger partial charge is 0.170 e. The van der Waals surface area contributed by atoms with Crippen LogP contribution in [0.4, 0.5) is 0 Å². The van der Waals surface area contributed by atoms with Crippen molar-refractivity contribution in [2.75, 3.05) is 14.2 Å². The highest BCUT2D eigenvalue weighted by Gasteiger charge is 2.17. The predicted molar refractivity (Wildman–Crippen MR) is 81.6 cm³/mol. The summed E-state index contributed by atoms with van der Waals surface area (Å²) in [7, 11) is 3.17. The molecule has 0 saturated heterocycles. The van der Waals surface area contributed by atoms with Crippen molar-refractivity contribution in [2.45, 2.75) is 19.8 Å². The van der Waals surface area contributed by atoms with Crippen LogP contribution in [0.15, 0.2) is 30.3 Å². The number of rotatable bonds is 4. The zero-order chi connectivity index (χ0) is 15.4. The van der Waals surface area contributed by atoms with Gasteiger partial charge in [-0.3, -0.25) is 4.98 Å². The Balaban J connectivity index is 2.71. The van der Waals surface area contributed by atoms with Gasteiger partial charge in [-0.25, -0.2) is 0 Å². The van der Waals surface area contributed by atoms with Crippen LogP contribution in [0.1, 0.15) is 31.0 Å². The fourth-order valence-corrected chi connectivity index (χ4v) is 2.16. The minimum absolute atomic E-state index is 0.285. The highest BCUT2D eigenvalue weighted by atomic mass is 16.5. The van der Waals surface area contributed by atoms with Gasteiger partial charge < -0.3 is 9.47 Å². The van der Waals surface area contributed by atoms with Crippen LogP contribution in [0, 0.1) is 11.3 Å². The van der Waals surface area contributed by atoms with Crippen molar-refractivity contribution in [2.24, 2.45) is 0 Å². The van der Waals surface area contributed by atoms with E-state index in [2.05, 4.69) is 24.9 Å². The molecular formula is C17H18N2O2. The molecule has 0 radical (unpaired) electrons. The maximum atomic E-state index is 9.34. The van der Waals surface area contributed by atoms with Crippen LogP contribution in [-0.2, 0) is 0 Å². The van der Waals surface area contributed by atoms with Gasteiger partial charge in [0.25, 0.3) is 0 Å². The molecule has 0 N–H and O–H groups in total. The predicted octanol–water partition coefficient (Wildman–Crippen LogP) is 3.76. The lowest BCUT2D eigenvalue weighted by Crippen LogP contribution is -2.00. The van der Waals surface area contributed by atoms with Crippen molar-refractivity contribution in [1.29, 1.82) is 5.26 Å². The minimum atomic E-state index is 0.285. The highest BCUT2D eigenvalue weighted by Crippen LogP contribution is 2.38. The number of methoxy groups -OCH3 is 2. The van der Waals surface area contributed by atoms with Gasteiger partial charge in [0.15, 0.2) is 11.5 Å². The van der Waals surface area contributed by atoms with E-state index < -0.39 is 0 Å². The number of pyridine rings is 1. The van der Waals surface area contributed by atoms with Gasteiger partial charge in [-0.05, 0) is 30.2 Å². The first-order valence-corrected chi connectivity index (χ1v) is 6.74. The molecule has 2 aromatic rings. The van der Waals surface area contributed by atoms with Gasteiger partial charge >= 0.3 is 0 Å². The first-order chi connectivity index (χ1) is 10.1. The Morgan fingerprint density at radius 2 is 1.86 bits per heavy atom. The van der Waals surface area contributed by atoms with E-state index in [9.17, 15) is 5.26 Å². The molecule has 0 spiro atoms. The Bertz CT molecular complexity index is 688. The van der Waals surface area contributed by atoms with Crippen molar-refractivity contribution in [3.63, 3.8) is 0 Å². The fraction of sp³-hybridized carbons (Fsp3) is 0.294. The molecule has 21 heavy (non-hydrogen) atoms. The number of hydrogen-bond donors (Lipinski definition) is 0. The van der Waals surface area contributed by atoms with Crippen molar-refractivity contribution in [3.8, 4) is 28.8 Å². The molecule has 108 valence electrons. The van der Waals surface area contributed by atoms with Gasteiger partial charge in [-0.2, -0.15) is 5.26 Å². The summed E-state index contributed by atoms with van der Waals surface area (Å²) in [6.45, 7) is 4.14. The quantitative estimate of drug-likeness (QED) is 0.856. The SMILES string of the molecule is COc1cccc(-c2nc(C(C)C)ccc2C#N)c1OC. The third-order valence-corrected chi connectivity index (χ3v) is 3.29. The maximum absolute atomic E-state index is 9.34. The van der Waals surface area contributed by atoms with E-state index in [1.807, 2.05) is 24.3 Å². The summed E-state index contributed by atoms with van der Waals surface area (Å²) in [6.07, 6.45) is 0. The second kappa shape index (κ2) is 6.27. The molecule has 0 aliphatic heterocycles. The Labute approximate surface area is 125 Å². The summed E-state index contributed by atoms with van der Waals surface area (Å²) in [6, 6.07) is 11.4. The highest BCUT2D eigenvalue weighted by molar-refractivity contribution is 5.75. The van der Waals surface area contributed by atoms with Crippen LogP contribution < -0.4 is 9.47 Å². The van der Waals surface area contributed by atoms with Gasteiger partial charge in [0.1, 0.15) is 6.07 Å². The summed E-state index contributed by atoms with van der Waals surface area (Å²) >= 11 is 0. The van der Waals surface area contributed by atoms with E-state index in [1.54, 1.807) is 20.3 Å². The lowest BCUT2D eigenvalue weighted by atomic mass is 10.0. The monoisotopic (exact) mass is 282 g/mol.